The number of pyridine rings is 1. The largest absolute Gasteiger partial charge is 0.477 e. The van der Waals surface area contributed by atoms with Crippen LogP contribution in [0.1, 0.15) is 53.5 Å². The summed E-state index contributed by atoms with van der Waals surface area (Å²) in [5.74, 6) is -0.244. The van der Waals surface area contributed by atoms with Gasteiger partial charge in [-0.05, 0) is 37.1 Å². The summed E-state index contributed by atoms with van der Waals surface area (Å²) in [7, 11) is 0. The highest BCUT2D eigenvalue weighted by molar-refractivity contribution is 7.99. The van der Waals surface area contributed by atoms with Crippen molar-refractivity contribution < 1.29 is 14.7 Å². The van der Waals surface area contributed by atoms with Gasteiger partial charge in [0.15, 0.2) is 0 Å². The van der Waals surface area contributed by atoms with Gasteiger partial charge >= 0.3 is 5.97 Å². The molecule has 1 aliphatic rings. The molecule has 0 saturated heterocycles. The van der Waals surface area contributed by atoms with Gasteiger partial charge in [0, 0.05) is 23.1 Å². The van der Waals surface area contributed by atoms with Crippen LogP contribution in [0.15, 0.2) is 18.3 Å². The van der Waals surface area contributed by atoms with Crippen LogP contribution in [0.25, 0.3) is 0 Å². The van der Waals surface area contributed by atoms with Gasteiger partial charge in [-0.25, -0.2) is 9.78 Å². The van der Waals surface area contributed by atoms with Crippen molar-refractivity contribution >= 4 is 23.6 Å². The zero-order chi connectivity index (χ0) is 15.2. The number of carbonyl (C=O) groups excluding carboxylic acids is 1. The SMILES string of the molecule is CCSC1CCCC(NC(=O)c2ccnc(C(=O)O)c2)C1. The summed E-state index contributed by atoms with van der Waals surface area (Å²) < 4.78 is 0. The Bertz CT molecular complexity index is 519. The number of hydrogen-bond acceptors (Lipinski definition) is 4. The monoisotopic (exact) mass is 308 g/mol. The Morgan fingerprint density at radius 3 is 3.00 bits per heavy atom. The van der Waals surface area contributed by atoms with Gasteiger partial charge in [-0.15, -0.1) is 0 Å². The van der Waals surface area contributed by atoms with Crippen molar-refractivity contribution in [1.82, 2.24) is 10.3 Å². The Kier molecular flexibility index (Phi) is 5.61. The van der Waals surface area contributed by atoms with Crippen molar-refractivity contribution in [2.75, 3.05) is 5.75 Å². The van der Waals surface area contributed by atoms with Crippen molar-refractivity contribution in [2.45, 2.75) is 43.9 Å². The van der Waals surface area contributed by atoms with Gasteiger partial charge in [0.25, 0.3) is 5.91 Å². The van der Waals surface area contributed by atoms with E-state index in [-0.39, 0.29) is 17.6 Å². The zero-order valence-electron chi connectivity index (χ0n) is 12.0. The van der Waals surface area contributed by atoms with Crippen LogP contribution in [0.5, 0.6) is 0 Å². The highest BCUT2D eigenvalue weighted by atomic mass is 32.2. The molecular weight excluding hydrogens is 288 g/mol. The third kappa shape index (κ3) is 4.46. The number of hydrogen-bond donors (Lipinski definition) is 2. The molecule has 1 aromatic rings. The summed E-state index contributed by atoms with van der Waals surface area (Å²) in [5, 5.41) is 12.5. The highest BCUT2D eigenvalue weighted by Crippen LogP contribution is 2.28. The number of aromatic carboxylic acids is 1. The van der Waals surface area contributed by atoms with Gasteiger partial charge in [0.05, 0.1) is 0 Å². The molecule has 5 nitrogen and oxygen atoms in total. The number of aromatic nitrogens is 1. The van der Waals surface area contributed by atoms with Crippen molar-refractivity contribution in [2.24, 2.45) is 0 Å². The molecule has 1 heterocycles. The Labute approximate surface area is 128 Å². The molecular formula is C15H20N2O3S. The third-order valence-electron chi connectivity index (χ3n) is 3.60. The maximum absolute atomic E-state index is 12.2. The second-order valence-electron chi connectivity index (χ2n) is 5.15. The fourth-order valence-corrected chi connectivity index (χ4v) is 3.79. The molecule has 0 aromatic carbocycles. The molecule has 0 bridgehead atoms. The zero-order valence-corrected chi connectivity index (χ0v) is 12.9. The molecule has 2 atom stereocenters. The fourth-order valence-electron chi connectivity index (χ4n) is 2.62. The van der Waals surface area contributed by atoms with E-state index >= 15 is 0 Å². The minimum Gasteiger partial charge on any atom is -0.477 e. The van der Waals surface area contributed by atoms with Gasteiger partial charge in [-0.2, -0.15) is 11.8 Å². The predicted molar refractivity (Wildman–Crippen MR) is 82.8 cm³/mol. The van der Waals surface area contributed by atoms with Crippen LogP contribution in [-0.2, 0) is 0 Å². The molecule has 1 aromatic heterocycles. The van der Waals surface area contributed by atoms with Crippen molar-refractivity contribution in [1.29, 1.82) is 0 Å². The van der Waals surface area contributed by atoms with E-state index in [2.05, 4.69) is 17.2 Å². The van der Waals surface area contributed by atoms with Crippen LogP contribution in [0.4, 0.5) is 0 Å². The molecule has 2 rings (SSSR count). The van der Waals surface area contributed by atoms with E-state index in [0.29, 0.717) is 10.8 Å². The van der Waals surface area contributed by atoms with Crippen molar-refractivity contribution in [3.05, 3.63) is 29.6 Å². The standard InChI is InChI=1S/C15H20N2O3S/c1-2-21-12-5-3-4-11(9-12)17-14(18)10-6-7-16-13(8-10)15(19)20/h6-8,11-12H,2-5,9H2,1H3,(H,17,18)(H,19,20). The molecule has 1 saturated carbocycles. The van der Waals surface area contributed by atoms with E-state index in [1.165, 1.54) is 18.7 Å². The lowest BCUT2D eigenvalue weighted by molar-refractivity contribution is 0.0690. The predicted octanol–water partition coefficient (Wildman–Crippen LogP) is 2.57. The minimum atomic E-state index is -1.12. The number of amides is 1. The molecule has 6 heteroatoms. The second kappa shape index (κ2) is 7.45. The number of carboxylic acids is 1. The maximum Gasteiger partial charge on any atom is 0.354 e. The van der Waals surface area contributed by atoms with E-state index < -0.39 is 5.97 Å². The summed E-state index contributed by atoms with van der Waals surface area (Å²) >= 11 is 1.95. The summed E-state index contributed by atoms with van der Waals surface area (Å²) in [5.41, 5.74) is 0.248. The van der Waals surface area contributed by atoms with E-state index in [1.54, 1.807) is 6.07 Å². The molecule has 0 radical (unpaired) electrons. The molecule has 0 aliphatic heterocycles. The molecule has 114 valence electrons. The number of nitrogens with zero attached hydrogens (tertiary/aromatic N) is 1. The first-order valence-corrected chi connectivity index (χ1v) is 8.26. The maximum atomic E-state index is 12.2. The number of carbonyl (C=O) groups is 2. The average Bonchev–Trinajstić information content (AvgIpc) is 2.48. The molecule has 1 aliphatic carbocycles. The summed E-state index contributed by atoms with van der Waals surface area (Å²) in [6.07, 6.45) is 5.67. The molecule has 1 fully saturated rings. The van der Waals surface area contributed by atoms with Crippen LogP contribution in [0, 0.1) is 0 Å². The number of nitrogens with one attached hydrogen (secondary N) is 1. The van der Waals surface area contributed by atoms with Gasteiger partial charge in [-0.3, -0.25) is 4.79 Å². The molecule has 21 heavy (non-hydrogen) atoms. The van der Waals surface area contributed by atoms with Gasteiger partial charge in [0.1, 0.15) is 5.69 Å². The number of carboxylic acid groups (broad SMARTS) is 1. The second-order valence-corrected chi connectivity index (χ2v) is 6.73. The lowest BCUT2D eigenvalue weighted by Gasteiger charge is -2.29. The van der Waals surface area contributed by atoms with E-state index in [9.17, 15) is 9.59 Å². The van der Waals surface area contributed by atoms with Crippen LogP contribution in [-0.4, -0.2) is 39.0 Å². The first-order valence-electron chi connectivity index (χ1n) is 7.22. The van der Waals surface area contributed by atoms with Crippen molar-refractivity contribution in [3.63, 3.8) is 0 Å². The normalized spacial score (nSPS) is 21.8. The van der Waals surface area contributed by atoms with Crippen LogP contribution >= 0.6 is 11.8 Å². The Balaban J connectivity index is 1.97. The fraction of sp³-hybridized carbons (Fsp3) is 0.533. The molecule has 0 spiro atoms. The summed E-state index contributed by atoms with van der Waals surface area (Å²) in [6, 6.07) is 3.04. The lowest BCUT2D eigenvalue weighted by Crippen LogP contribution is -2.39. The van der Waals surface area contributed by atoms with E-state index in [1.807, 2.05) is 11.8 Å². The quantitative estimate of drug-likeness (QED) is 0.874. The topological polar surface area (TPSA) is 79.3 Å². The van der Waals surface area contributed by atoms with E-state index in [0.717, 1.165) is 25.0 Å². The van der Waals surface area contributed by atoms with Crippen molar-refractivity contribution in [3.8, 4) is 0 Å². The third-order valence-corrected chi connectivity index (χ3v) is 4.84. The Morgan fingerprint density at radius 2 is 2.29 bits per heavy atom. The average molecular weight is 308 g/mol. The smallest absolute Gasteiger partial charge is 0.354 e. The summed E-state index contributed by atoms with van der Waals surface area (Å²) in [6.45, 7) is 2.15. The van der Waals surface area contributed by atoms with Crippen LogP contribution in [0.3, 0.4) is 0 Å². The Hall–Kier alpha value is -1.56. The first kappa shape index (κ1) is 15.8. The minimum absolute atomic E-state index is 0.106. The molecule has 2 N–H and O–H groups in total. The number of thioether (sulfide) groups is 1. The Morgan fingerprint density at radius 1 is 1.48 bits per heavy atom. The lowest BCUT2D eigenvalue weighted by atomic mass is 9.94. The molecule has 2 unspecified atom stereocenters. The molecule has 1 amide bonds. The van der Waals surface area contributed by atoms with Gasteiger partial charge in [-0.1, -0.05) is 13.3 Å². The van der Waals surface area contributed by atoms with E-state index in [4.69, 9.17) is 5.11 Å². The summed E-state index contributed by atoms with van der Waals surface area (Å²) in [4.78, 5) is 26.8. The first-order chi connectivity index (χ1) is 10.1. The number of rotatable bonds is 5. The van der Waals surface area contributed by atoms with Crippen LogP contribution in [0.2, 0.25) is 0 Å². The van der Waals surface area contributed by atoms with Gasteiger partial charge in [0.2, 0.25) is 0 Å². The van der Waals surface area contributed by atoms with Crippen LogP contribution < -0.4 is 5.32 Å². The highest BCUT2D eigenvalue weighted by Gasteiger charge is 2.23. The van der Waals surface area contributed by atoms with Gasteiger partial charge < -0.3 is 10.4 Å².